The minimum absolute atomic E-state index is 0.00238. The molecule has 2 rings (SSSR count). The summed E-state index contributed by atoms with van der Waals surface area (Å²) in [7, 11) is 0. The van der Waals surface area contributed by atoms with Crippen LogP contribution in [0.15, 0.2) is 42.5 Å². The van der Waals surface area contributed by atoms with Gasteiger partial charge in [0, 0.05) is 0 Å². The van der Waals surface area contributed by atoms with E-state index >= 15 is 0 Å². The van der Waals surface area contributed by atoms with Crippen molar-refractivity contribution in [3.63, 3.8) is 0 Å². The molecule has 0 aliphatic heterocycles. The Balaban J connectivity index is 1.76. The third-order valence-corrected chi connectivity index (χ3v) is 3.55. The van der Waals surface area contributed by atoms with Crippen LogP contribution < -0.4 is 14.8 Å². The molecule has 0 fully saturated rings. The molecule has 0 bridgehead atoms. The van der Waals surface area contributed by atoms with E-state index in [-0.39, 0.29) is 18.6 Å². The molecule has 1 unspecified atom stereocenters. The summed E-state index contributed by atoms with van der Waals surface area (Å²) in [5.74, 6) is 1.39. The van der Waals surface area contributed by atoms with Crippen molar-refractivity contribution in [3.05, 3.63) is 59.2 Å². The van der Waals surface area contributed by atoms with Gasteiger partial charge in [-0.25, -0.2) is 0 Å². The fraction of sp³-hybridized carbons (Fsp3) is 0.350. The number of para-hydroxylation sites is 1. The molecule has 1 atom stereocenters. The maximum Gasteiger partial charge on any atom is 0.258 e. The first-order valence-corrected chi connectivity index (χ1v) is 8.13. The third-order valence-electron chi connectivity index (χ3n) is 3.55. The van der Waals surface area contributed by atoms with Gasteiger partial charge in [-0.2, -0.15) is 0 Å². The molecule has 0 radical (unpaired) electrons. The molecule has 0 aliphatic rings. The SMILES string of the molecule is Cc1cc(C)cc(OCC(=O)NC(C)COc2ccccc2C)c1. The summed E-state index contributed by atoms with van der Waals surface area (Å²) >= 11 is 0. The van der Waals surface area contributed by atoms with Crippen molar-refractivity contribution < 1.29 is 14.3 Å². The number of carbonyl (C=O) groups is 1. The van der Waals surface area contributed by atoms with Crippen molar-refractivity contribution in [3.8, 4) is 11.5 Å². The number of carbonyl (C=O) groups excluding carboxylic acids is 1. The van der Waals surface area contributed by atoms with Crippen molar-refractivity contribution >= 4 is 5.91 Å². The number of rotatable bonds is 7. The first-order chi connectivity index (χ1) is 11.4. The molecule has 0 spiro atoms. The molecule has 1 amide bonds. The highest BCUT2D eigenvalue weighted by Gasteiger charge is 2.10. The van der Waals surface area contributed by atoms with E-state index in [1.54, 1.807) is 0 Å². The van der Waals surface area contributed by atoms with E-state index in [9.17, 15) is 4.79 Å². The molecule has 0 saturated carbocycles. The highest BCUT2D eigenvalue weighted by atomic mass is 16.5. The molecule has 24 heavy (non-hydrogen) atoms. The molecule has 0 saturated heterocycles. The monoisotopic (exact) mass is 327 g/mol. The Morgan fingerprint density at radius 2 is 1.71 bits per heavy atom. The van der Waals surface area contributed by atoms with Gasteiger partial charge in [0.2, 0.25) is 0 Å². The molecule has 2 aromatic rings. The first-order valence-electron chi connectivity index (χ1n) is 8.13. The topological polar surface area (TPSA) is 47.6 Å². The van der Waals surface area contributed by atoms with Crippen molar-refractivity contribution in [2.75, 3.05) is 13.2 Å². The lowest BCUT2D eigenvalue weighted by molar-refractivity contribution is -0.123. The lowest BCUT2D eigenvalue weighted by Gasteiger charge is -2.16. The molecule has 1 N–H and O–H groups in total. The average Bonchev–Trinajstić information content (AvgIpc) is 2.51. The van der Waals surface area contributed by atoms with Gasteiger partial charge in [-0.3, -0.25) is 4.79 Å². The van der Waals surface area contributed by atoms with Crippen LogP contribution >= 0.6 is 0 Å². The van der Waals surface area contributed by atoms with Crippen LogP contribution in [0, 0.1) is 20.8 Å². The maximum absolute atomic E-state index is 12.0. The molecule has 0 aromatic heterocycles. The quantitative estimate of drug-likeness (QED) is 0.845. The van der Waals surface area contributed by atoms with Crippen LogP contribution in [0.25, 0.3) is 0 Å². The fourth-order valence-corrected chi connectivity index (χ4v) is 2.46. The van der Waals surface area contributed by atoms with Crippen LogP contribution in [0.5, 0.6) is 11.5 Å². The zero-order valence-electron chi connectivity index (χ0n) is 14.8. The third kappa shape index (κ3) is 5.61. The van der Waals surface area contributed by atoms with Crippen LogP contribution in [0.1, 0.15) is 23.6 Å². The molecule has 0 aliphatic carbocycles. The minimum atomic E-state index is -0.157. The van der Waals surface area contributed by atoms with Crippen LogP contribution in [0.4, 0.5) is 0 Å². The van der Waals surface area contributed by atoms with E-state index < -0.39 is 0 Å². The van der Waals surface area contributed by atoms with Crippen molar-refractivity contribution in [2.24, 2.45) is 0 Å². The summed E-state index contributed by atoms with van der Waals surface area (Å²) in [5, 5.41) is 2.88. The van der Waals surface area contributed by atoms with Gasteiger partial charge in [0.05, 0.1) is 6.04 Å². The van der Waals surface area contributed by atoms with Crippen molar-refractivity contribution in [1.82, 2.24) is 5.32 Å². The number of hydrogen-bond acceptors (Lipinski definition) is 3. The standard InChI is InChI=1S/C20H25NO3/c1-14-9-15(2)11-18(10-14)23-13-20(22)21-17(4)12-24-19-8-6-5-7-16(19)3/h5-11,17H,12-13H2,1-4H3,(H,21,22). The number of ether oxygens (including phenoxy) is 2. The predicted octanol–water partition coefficient (Wildman–Crippen LogP) is 3.57. The van der Waals surface area contributed by atoms with E-state index in [1.807, 2.05) is 64.1 Å². The van der Waals surface area contributed by atoms with Gasteiger partial charge in [-0.1, -0.05) is 24.3 Å². The minimum Gasteiger partial charge on any atom is -0.491 e. The van der Waals surface area contributed by atoms with Crippen molar-refractivity contribution in [1.29, 1.82) is 0 Å². The molecule has 2 aromatic carbocycles. The van der Waals surface area contributed by atoms with E-state index in [2.05, 4.69) is 11.4 Å². The Bertz CT molecular complexity index is 677. The molecular weight excluding hydrogens is 302 g/mol. The van der Waals surface area contributed by atoms with E-state index in [0.29, 0.717) is 12.4 Å². The number of hydrogen-bond donors (Lipinski definition) is 1. The van der Waals surface area contributed by atoms with Gasteiger partial charge in [0.25, 0.3) is 5.91 Å². The molecule has 128 valence electrons. The normalized spacial score (nSPS) is 11.7. The van der Waals surface area contributed by atoms with Crippen LogP contribution in [0.2, 0.25) is 0 Å². The summed E-state index contributed by atoms with van der Waals surface area (Å²) in [6.07, 6.45) is 0. The number of benzene rings is 2. The smallest absolute Gasteiger partial charge is 0.258 e. The van der Waals surface area contributed by atoms with Gasteiger partial charge in [0.15, 0.2) is 6.61 Å². The zero-order valence-corrected chi connectivity index (χ0v) is 14.8. The van der Waals surface area contributed by atoms with Crippen LogP contribution in [-0.2, 0) is 4.79 Å². The average molecular weight is 327 g/mol. The molecular formula is C20H25NO3. The summed E-state index contributed by atoms with van der Waals surface area (Å²) in [6.45, 7) is 8.33. The number of aryl methyl sites for hydroxylation is 3. The largest absolute Gasteiger partial charge is 0.491 e. The Hall–Kier alpha value is -2.49. The molecule has 4 nitrogen and oxygen atoms in total. The second kappa shape index (κ2) is 8.39. The second-order valence-corrected chi connectivity index (χ2v) is 6.16. The Morgan fingerprint density at radius 1 is 1.04 bits per heavy atom. The van der Waals surface area contributed by atoms with Crippen LogP contribution in [-0.4, -0.2) is 25.2 Å². The van der Waals surface area contributed by atoms with E-state index in [4.69, 9.17) is 9.47 Å². The summed E-state index contributed by atoms with van der Waals surface area (Å²) in [5.41, 5.74) is 3.31. The van der Waals surface area contributed by atoms with Crippen molar-refractivity contribution in [2.45, 2.75) is 33.7 Å². The van der Waals surface area contributed by atoms with E-state index in [1.165, 1.54) is 0 Å². The first kappa shape index (κ1) is 17.9. The highest BCUT2D eigenvalue weighted by Crippen LogP contribution is 2.17. The Morgan fingerprint density at radius 3 is 2.38 bits per heavy atom. The molecule has 4 heteroatoms. The van der Waals surface area contributed by atoms with Gasteiger partial charge in [-0.05, 0) is 62.6 Å². The summed E-state index contributed by atoms with van der Waals surface area (Å²) in [4.78, 5) is 12.0. The summed E-state index contributed by atoms with van der Waals surface area (Å²) in [6, 6.07) is 13.6. The molecule has 0 heterocycles. The number of amides is 1. The van der Waals surface area contributed by atoms with Gasteiger partial charge < -0.3 is 14.8 Å². The van der Waals surface area contributed by atoms with Gasteiger partial charge >= 0.3 is 0 Å². The Labute approximate surface area is 143 Å². The Kier molecular flexibility index (Phi) is 6.24. The lowest BCUT2D eigenvalue weighted by atomic mass is 10.1. The predicted molar refractivity (Wildman–Crippen MR) is 95.7 cm³/mol. The lowest BCUT2D eigenvalue weighted by Crippen LogP contribution is -2.39. The van der Waals surface area contributed by atoms with Gasteiger partial charge in [0.1, 0.15) is 18.1 Å². The second-order valence-electron chi connectivity index (χ2n) is 6.16. The fourth-order valence-electron chi connectivity index (χ4n) is 2.46. The zero-order chi connectivity index (χ0) is 17.5. The summed E-state index contributed by atoms with van der Waals surface area (Å²) < 4.78 is 11.3. The highest BCUT2D eigenvalue weighted by molar-refractivity contribution is 5.77. The number of nitrogens with one attached hydrogen (secondary N) is 1. The van der Waals surface area contributed by atoms with Gasteiger partial charge in [-0.15, -0.1) is 0 Å². The van der Waals surface area contributed by atoms with E-state index in [0.717, 1.165) is 22.4 Å². The van der Waals surface area contributed by atoms with Crippen LogP contribution in [0.3, 0.4) is 0 Å². The maximum atomic E-state index is 12.0.